The van der Waals surface area contributed by atoms with Crippen molar-refractivity contribution in [2.45, 2.75) is 13.0 Å². The van der Waals surface area contributed by atoms with Gasteiger partial charge < -0.3 is 4.90 Å². The number of rotatable bonds is 4. The molecule has 1 aromatic heterocycles. The molecule has 1 saturated heterocycles. The summed E-state index contributed by atoms with van der Waals surface area (Å²) in [5.41, 5.74) is 1.98. The molecular weight excluding hydrogens is 362 g/mol. The van der Waals surface area contributed by atoms with Gasteiger partial charge in [-0.25, -0.2) is 13.4 Å². The van der Waals surface area contributed by atoms with Crippen molar-refractivity contribution in [3.05, 3.63) is 58.9 Å². The molecule has 2 aromatic rings. The number of nitrogens with zero attached hydrogens (tertiary/aromatic N) is 3. The maximum Gasteiger partial charge on any atom is 0.253 e. The SMILES string of the molecule is CN(Cc1ccc(Cl)nc1)C(=O)c1ccc(N2CCCS2(=O)=O)cc1. The molecule has 0 bridgehead atoms. The van der Waals surface area contributed by atoms with Crippen molar-refractivity contribution in [1.82, 2.24) is 9.88 Å². The molecule has 1 aliphatic rings. The lowest BCUT2D eigenvalue weighted by Gasteiger charge is -2.19. The van der Waals surface area contributed by atoms with Gasteiger partial charge in [-0.05, 0) is 42.3 Å². The third-order valence-electron chi connectivity index (χ3n) is 4.06. The fraction of sp³-hybridized carbons (Fsp3) is 0.294. The average molecular weight is 380 g/mol. The zero-order chi connectivity index (χ0) is 18.0. The van der Waals surface area contributed by atoms with E-state index in [4.69, 9.17) is 11.6 Å². The second-order valence-corrected chi connectivity index (χ2v) is 8.34. The maximum atomic E-state index is 12.5. The molecule has 132 valence electrons. The van der Waals surface area contributed by atoms with Crippen molar-refractivity contribution in [3.8, 4) is 0 Å². The lowest BCUT2D eigenvalue weighted by Crippen LogP contribution is -2.27. The van der Waals surface area contributed by atoms with Gasteiger partial charge in [-0.3, -0.25) is 9.10 Å². The number of sulfonamides is 1. The summed E-state index contributed by atoms with van der Waals surface area (Å²) in [5.74, 6) is 0.0247. The number of hydrogen-bond donors (Lipinski definition) is 0. The Balaban J connectivity index is 1.71. The Hall–Kier alpha value is -2.12. The Labute approximate surface area is 152 Å². The number of benzene rings is 1. The van der Waals surface area contributed by atoms with Crippen molar-refractivity contribution in [1.29, 1.82) is 0 Å². The standard InChI is InChI=1S/C17H18ClN3O3S/c1-20(12-13-3-8-16(18)19-11-13)17(22)14-4-6-15(7-5-14)21-9-2-10-25(21,23)24/h3-8,11H,2,9-10,12H2,1H3. The predicted octanol–water partition coefficient (Wildman–Crippen LogP) is 2.55. The number of hydrogen-bond acceptors (Lipinski definition) is 4. The number of halogens is 1. The van der Waals surface area contributed by atoms with Crippen LogP contribution in [0.25, 0.3) is 0 Å². The summed E-state index contributed by atoms with van der Waals surface area (Å²) in [6.45, 7) is 0.893. The number of pyridine rings is 1. The topological polar surface area (TPSA) is 70.6 Å². The summed E-state index contributed by atoms with van der Waals surface area (Å²) < 4.78 is 25.3. The van der Waals surface area contributed by atoms with Crippen molar-refractivity contribution >= 4 is 33.2 Å². The molecule has 3 rings (SSSR count). The highest BCUT2D eigenvalue weighted by Crippen LogP contribution is 2.24. The van der Waals surface area contributed by atoms with E-state index in [-0.39, 0.29) is 11.7 Å². The van der Waals surface area contributed by atoms with Crippen LogP contribution in [-0.2, 0) is 16.6 Å². The van der Waals surface area contributed by atoms with Gasteiger partial charge in [-0.2, -0.15) is 0 Å². The lowest BCUT2D eigenvalue weighted by molar-refractivity contribution is 0.0785. The van der Waals surface area contributed by atoms with Gasteiger partial charge in [0, 0.05) is 31.9 Å². The van der Waals surface area contributed by atoms with Crippen molar-refractivity contribution < 1.29 is 13.2 Å². The van der Waals surface area contributed by atoms with Crippen LogP contribution in [0, 0.1) is 0 Å². The van der Waals surface area contributed by atoms with E-state index in [1.165, 1.54) is 4.31 Å². The minimum absolute atomic E-state index is 0.147. The zero-order valence-corrected chi connectivity index (χ0v) is 15.3. The summed E-state index contributed by atoms with van der Waals surface area (Å²) in [7, 11) is -1.51. The normalized spacial score (nSPS) is 16.0. The van der Waals surface area contributed by atoms with Crippen LogP contribution in [0.2, 0.25) is 5.15 Å². The van der Waals surface area contributed by atoms with E-state index in [0.29, 0.717) is 35.9 Å². The first-order valence-electron chi connectivity index (χ1n) is 7.83. The molecule has 6 nitrogen and oxygen atoms in total. The minimum Gasteiger partial charge on any atom is -0.337 e. The smallest absolute Gasteiger partial charge is 0.253 e. The molecule has 1 aromatic carbocycles. The molecule has 0 saturated carbocycles. The van der Waals surface area contributed by atoms with Crippen LogP contribution in [-0.4, -0.2) is 43.6 Å². The Morgan fingerprint density at radius 1 is 1.24 bits per heavy atom. The number of anilines is 1. The van der Waals surface area contributed by atoms with E-state index in [0.717, 1.165) is 5.56 Å². The second kappa shape index (κ2) is 7.01. The fourth-order valence-electron chi connectivity index (χ4n) is 2.77. The van der Waals surface area contributed by atoms with Gasteiger partial charge >= 0.3 is 0 Å². The van der Waals surface area contributed by atoms with Crippen molar-refractivity contribution in [3.63, 3.8) is 0 Å². The van der Waals surface area contributed by atoms with Crippen LogP contribution < -0.4 is 4.31 Å². The second-order valence-electron chi connectivity index (χ2n) is 5.94. The first-order chi connectivity index (χ1) is 11.9. The van der Waals surface area contributed by atoms with Gasteiger partial charge in [0.25, 0.3) is 5.91 Å². The molecule has 0 unspecified atom stereocenters. The molecule has 0 spiro atoms. The highest BCUT2D eigenvalue weighted by atomic mass is 35.5. The summed E-state index contributed by atoms with van der Waals surface area (Å²) in [6.07, 6.45) is 2.26. The average Bonchev–Trinajstić information content (AvgIpc) is 2.95. The molecule has 2 heterocycles. The van der Waals surface area contributed by atoms with Gasteiger partial charge in [-0.15, -0.1) is 0 Å². The quantitative estimate of drug-likeness (QED) is 0.765. The van der Waals surface area contributed by atoms with Gasteiger partial charge in [-0.1, -0.05) is 17.7 Å². The van der Waals surface area contributed by atoms with E-state index in [2.05, 4.69) is 4.98 Å². The van der Waals surface area contributed by atoms with Gasteiger partial charge in [0.15, 0.2) is 0 Å². The van der Waals surface area contributed by atoms with Crippen molar-refractivity contribution in [2.24, 2.45) is 0 Å². The Kier molecular flexibility index (Phi) is 4.96. The van der Waals surface area contributed by atoms with Gasteiger partial charge in [0.2, 0.25) is 10.0 Å². The first kappa shape index (κ1) is 17.7. The molecule has 25 heavy (non-hydrogen) atoms. The van der Waals surface area contributed by atoms with Gasteiger partial charge in [0.1, 0.15) is 5.15 Å². The van der Waals surface area contributed by atoms with E-state index in [1.54, 1.807) is 48.5 Å². The molecule has 0 N–H and O–H groups in total. The largest absolute Gasteiger partial charge is 0.337 e. The van der Waals surface area contributed by atoms with E-state index in [1.807, 2.05) is 6.07 Å². The third-order valence-corrected chi connectivity index (χ3v) is 6.15. The zero-order valence-electron chi connectivity index (χ0n) is 13.7. The molecule has 1 fully saturated rings. The number of aromatic nitrogens is 1. The number of amides is 1. The van der Waals surface area contributed by atoms with Crippen LogP contribution in [0.5, 0.6) is 0 Å². The minimum atomic E-state index is -3.21. The number of carbonyl (C=O) groups excluding carboxylic acids is 1. The third kappa shape index (κ3) is 3.93. The maximum absolute atomic E-state index is 12.5. The monoisotopic (exact) mass is 379 g/mol. The molecule has 0 aliphatic carbocycles. The molecule has 8 heteroatoms. The molecule has 1 amide bonds. The Morgan fingerprint density at radius 3 is 2.52 bits per heavy atom. The van der Waals surface area contributed by atoms with Gasteiger partial charge in [0.05, 0.1) is 11.4 Å². The fourth-order valence-corrected chi connectivity index (χ4v) is 4.44. The Bertz CT molecular complexity index is 867. The molecule has 0 radical (unpaired) electrons. The van der Waals surface area contributed by atoms with E-state index < -0.39 is 10.0 Å². The first-order valence-corrected chi connectivity index (χ1v) is 9.82. The number of carbonyl (C=O) groups is 1. The van der Waals surface area contributed by atoms with E-state index in [9.17, 15) is 13.2 Å². The highest BCUT2D eigenvalue weighted by molar-refractivity contribution is 7.93. The molecule has 0 atom stereocenters. The highest BCUT2D eigenvalue weighted by Gasteiger charge is 2.28. The van der Waals surface area contributed by atoms with Crippen LogP contribution in [0.1, 0.15) is 22.3 Å². The van der Waals surface area contributed by atoms with Crippen LogP contribution in [0.15, 0.2) is 42.6 Å². The van der Waals surface area contributed by atoms with Crippen LogP contribution in [0.3, 0.4) is 0 Å². The molecule has 1 aliphatic heterocycles. The predicted molar refractivity (Wildman–Crippen MR) is 97.2 cm³/mol. The summed E-state index contributed by atoms with van der Waals surface area (Å²) in [6, 6.07) is 10.2. The lowest BCUT2D eigenvalue weighted by atomic mass is 10.1. The summed E-state index contributed by atoms with van der Waals surface area (Å²) in [5, 5.41) is 0.408. The summed E-state index contributed by atoms with van der Waals surface area (Å²) >= 11 is 5.76. The van der Waals surface area contributed by atoms with Crippen molar-refractivity contribution in [2.75, 3.05) is 23.7 Å². The van der Waals surface area contributed by atoms with E-state index >= 15 is 0 Å². The molecular formula is C17H18ClN3O3S. The van der Waals surface area contributed by atoms with Crippen LogP contribution >= 0.6 is 11.6 Å². The Morgan fingerprint density at radius 2 is 1.96 bits per heavy atom. The van der Waals surface area contributed by atoms with Crippen LogP contribution in [0.4, 0.5) is 5.69 Å². The summed E-state index contributed by atoms with van der Waals surface area (Å²) in [4.78, 5) is 18.1.